The second-order valence-electron chi connectivity index (χ2n) is 5.24. The molecule has 104 valence electrons. The number of rotatable bonds is 2. The number of allylic oxidation sites excluding steroid dienone is 1. The highest BCUT2D eigenvalue weighted by Crippen LogP contribution is 2.41. The quantitative estimate of drug-likeness (QED) is 0.747. The highest BCUT2D eigenvalue weighted by atomic mass is 16.5. The van der Waals surface area contributed by atoms with E-state index in [1.54, 1.807) is 7.11 Å². The van der Waals surface area contributed by atoms with E-state index in [0.29, 0.717) is 0 Å². The van der Waals surface area contributed by atoms with Crippen LogP contribution in [0.4, 0.5) is 0 Å². The van der Waals surface area contributed by atoms with Gasteiger partial charge in [0.2, 0.25) is 0 Å². The number of fused-ring (bicyclic) bond motifs is 2. The molecule has 0 saturated heterocycles. The Morgan fingerprint density at radius 2 is 2.00 bits per heavy atom. The number of H-pyrrole nitrogens is 1. The Kier molecular flexibility index (Phi) is 2.54. The molecule has 2 aromatic carbocycles. The summed E-state index contributed by atoms with van der Waals surface area (Å²) in [4.78, 5) is 3.05. The minimum atomic E-state index is 0.228. The maximum atomic E-state index is 10.3. The Labute approximate surface area is 122 Å². The van der Waals surface area contributed by atoms with Crippen LogP contribution in [0.15, 0.2) is 48.5 Å². The van der Waals surface area contributed by atoms with Crippen molar-refractivity contribution in [2.24, 2.45) is 0 Å². The average Bonchev–Trinajstić information content (AvgIpc) is 3.06. The van der Waals surface area contributed by atoms with E-state index in [2.05, 4.69) is 23.2 Å². The summed E-state index contributed by atoms with van der Waals surface area (Å²) in [5.41, 5.74) is 5.31. The van der Waals surface area contributed by atoms with Gasteiger partial charge in [0.25, 0.3) is 0 Å². The SMILES string of the molecule is COc1ccc2c(c1)CC=C2c1c(O)[nH]c2ccccc12. The van der Waals surface area contributed by atoms with Gasteiger partial charge < -0.3 is 14.8 Å². The largest absolute Gasteiger partial charge is 0.497 e. The number of benzene rings is 2. The topological polar surface area (TPSA) is 45.2 Å². The zero-order chi connectivity index (χ0) is 14.4. The molecule has 1 aliphatic carbocycles. The Hall–Kier alpha value is -2.68. The lowest BCUT2D eigenvalue weighted by Gasteiger charge is -2.08. The molecule has 0 saturated carbocycles. The first kappa shape index (κ1) is 12.1. The number of hydrogen-bond acceptors (Lipinski definition) is 2. The number of para-hydroxylation sites is 1. The molecule has 0 fully saturated rings. The first-order valence-corrected chi connectivity index (χ1v) is 6.95. The lowest BCUT2D eigenvalue weighted by atomic mass is 9.98. The van der Waals surface area contributed by atoms with Crippen LogP contribution in [0.1, 0.15) is 16.7 Å². The van der Waals surface area contributed by atoms with Crippen LogP contribution in [0.2, 0.25) is 0 Å². The molecular formula is C18H15NO2. The molecule has 0 amide bonds. The lowest BCUT2D eigenvalue weighted by Crippen LogP contribution is -1.89. The summed E-state index contributed by atoms with van der Waals surface area (Å²) in [6.07, 6.45) is 3.03. The molecule has 1 heterocycles. The van der Waals surface area contributed by atoms with Crippen molar-refractivity contribution in [3.05, 3.63) is 65.2 Å². The van der Waals surface area contributed by atoms with Crippen molar-refractivity contribution in [3.8, 4) is 11.6 Å². The van der Waals surface area contributed by atoms with Crippen LogP contribution < -0.4 is 4.74 Å². The first-order chi connectivity index (χ1) is 10.3. The van der Waals surface area contributed by atoms with E-state index in [1.165, 1.54) is 5.56 Å². The molecule has 3 heteroatoms. The van der Waals surface area contributed by atoms with Gasteiger partial charge in [-0.15, -0.1) is 0 Å². The smallest absolute Gasteiger partial charge is 0.197 e. The van der Waals surface area contributed by atoms with E-state index < -0.39 is 0 Å². The van der Waals surface area contributed by atoms with Gasteiger partial charge in [-0.25, -0.2) is 0 Å². The van der Waals surface area contributed by atoms with Crippen LogP contribution in [-0.2, 0) is 6.42 Å². The predicted octanol–water partition coefficient (Wildman–Crippen LogP) is 3.87. The van der Waals surface area contributed by atoms with Crippen molar-refractivity contribution in [2.75, 3.05) is 7.11 Å². The van der Waals surface area contributed by atoms with Gasteiger partial charge in [-0.2, -0.15) is 0 Å². The molecule has 1 aliphatic rings. The Morgan fingerprint density at radius 3 is 2.86 bits per heavy atom. The van der Waals surface area contributed by atoms with Crippen molar-refractivity contribution in [1.29, 1.82) is 0 Å². The molecule has 2 N–H and O–H groups in total. The molecule has 0 radical (unpaired) electrons. The van der Waals surface area contributed by atoms with Crippen molar-refractivity contribution in [2.45, 2.75) is 6.42 Å². The van der Waals surface area contributed by atoms with Crippen LogP contribution >= 0.6 is 0 Å². The Balaban J connectivity index is 1.91. The molecule has 3 nitrogen and oxygen atoms in total. The highest BCUT2D eigenvalue weighted by Gasteiger charge is 2.22. The van der Waals surface area contributed by atoms with Crippen LogP contribution in [0.25, 0.3) is 16.5 Å². The standard InChI is InChI=1S/C18H15NO2/c1-21-12-7-9-13-11(10-12)6-8-14(13)17-15-4-2-3-5-16(15)19-18(17)20/h2-5,7-10,19-20H,6H2,1H3. The molecule has 3 aromatic rings. The van der Waals surface area contributed by atoms with E-state index in [4.69, 9.17) is 4.74 Å². The third-order valence-corrected chi connectivity index (χ3v) is 4.08. The van der Waals surface area contributed by atoms with Gasteiger partial charge >= 0.3 is 0 Å². The van der Waals surface area contributed by atoms with Crippen LogP contribution in [0, 0.1) is 0 Å². The number of aromatic amines is 1. The van der Waals surface area contributed by atoms with Crippen LogP contribution in [0.3, 0.4) is 0 Å². The van der Waals surface area contributed by atoms with Gasteiger partial charge in [-0.3, -0.25) is 0 Å². The second kappa shape index (κ2) is 4.42. The number of aromatic nitrogens is 1. The van der Waals surface area contributed by atoms with Crippen LogP contribution in [0.5, 0.6) is 11.6 Å². The van der Waals surface area contributed by atoms with Crippen molar-refractivity contribution < 1.29 is 9.84 Å². The lowest BCUT2D eigenvalue weighted by molar-refractivity contribution is 0.414. The summed E-state index contributed by atoms with van der Waals surface area (Å²) in [7, 11) is 1.68. The zero-order valence-corrected chi connectivity index (χ0v) is 11.7. The van der Waals surface area contributed by atoms with Crippen LogP contribution in [-0.4, -0.2) is 17.2 Å². The van der Waals surface area contributed by atoms with E-state index in [9.17, 15) is 5.11 Å². The van der Waals surface area contributed by atoms with Gasteiger partial charge in [0.05, 0.1) is 12.7 Å². The molecular weight excluding hydrogens is 262 g/mol. The van der Waals surface area contributed by atoms with E-state index in [0.717, 1.165) is 39.8 Å². The fourth-order valence-corrected chi connectivity index (χ4v) is 3.09. The number of methoxy groups -OCH3 is 1. The molecule has 0 spiro atoms. The monoisotopic (exact) mass is 277 g/mol. The minimum absolute atomic E-state index is 0.228. The second-order valence-corrected chi connectivity index (χ2v) is 5.24. The number of aromatic hydroxyl groups is 1. The summed E-state index contributed by atoms with van der Waals surface area (Å²) < 4.78 is 5.28. The first-order valence-electron chi connectivity index (χ1n) is 6.95. The van der Waals surface area contributed by atoms with E-state index >= 15 is 0 Å². The molecule has 4 rings (SSSR count). The maximum Gasteiger partial charge on any atom is 0.197 e. The normalized spacial score (nSPS) is 13.3. The van der Waals surface area contributed by atoms with Gasteiger partial charge in [-0.05, 0) is 41.3 Å². The molecule has 0 unspecified atom stereocenters. The predicted molar refractivity (Wildman–Crippen MR) is 83.7 cm³/mol. The third-order valence-electron chi connectivity index (χ3n) is 4.08. The van der Waals surface area contributed by atoms with Gasteiger partial charge in [0.1, 0.15) is 5.75 Å². The van der Waals surface area contributed by atoms with Gasteiger partial charge in [-0.1, -0.05) is 30.3 Å². The van der Waals surface area contributed by atoms with E-state index in [1.807, 2.05) is 30.3 Å². The summed E-state index contributed by atoms with van der Waals surface area (Å²) in [5.74, 6) is 1.10. The zero-order valence-electron chi connectivity index (χ0n) is 11.7. The molecule has 0 aliphatic heterocycles. The third kappa shape index (κ3) is 1.74. The number of hydrogen-bond donors (Lipinski definition) is 2. The summed E-state index contributed by atoms with van der Waals surface area (Å²) >= 11 is 0. The van der Waals surface area contributed by atoms with Crippen molar-refractivity contribution in [1.82, 2.24) is 4.98 Å². The van der Waals surface area contributed by atoms with Crippen molar-refractivity contribution >= 4 is 16.5 Å². The highest BCUT2D eigenvalue weighted by molar-refractivity contribution is 6.01. The fourth-order valence-electron chi connectivity index (χ4n) is 3.09. The fraction of sp³-hybridized carbons (Fsp3) is 0.111. The van der Waals surface area contributed by atoms with E-state index in [-0.39, 0.29) is 5.88 Å². The molecule has 21 heavy (non-hydrogen) atoms. The molecule has 0 atom stereocenters. The Morgan fingerprint density at radius 1 is 1.14 bits per heavy atom. The number of nitrogens with one attached hydrogen (secondary N) is 1. The minimum Gasteiger partial charge on any atom is -0.497 e. The number of ether oxygens (including phenoxy) is 1. The summed E-state index contributed by atoms with van der Waals surface area (Å²) in [6.45, 7) is 0. The molecule has 0 bridgehead atoms. The summed E-state index contributed by atoms with van der Waals surface area (Å²) in [5, 5.41) is 11.3. The van der Waals surface area contributed by atoms with Gasteiger partial charge in [0, 0.05) is 10.9 Å². The maximum absolute atomic E-state index is 10.3. The summed E-state index contributed by atoms with van der Waals surface area (Å²) in [6, 6.07) is 14.0. The van der Waals surface area contributed by atoms with Crippen molar-refractivity contribution in [3.63, 3.8) is 0 Å². The van der Waals surface area contributed by atoms with Gasteiger partial charge in [0.15, 0.2) is 5.88 Å². The Bertz CT molecular complexity index is 874. The average molecular weight is 277 g/mol. The molecule has 1 aromatic heterocycles.